The normalized spacial score (nSPS) is 12.4. The van der Waals surface area contributed by atoms with Crippen LogP contribution in [-0.4, -0.2) is 32.6 Å². The first-order valence-electron chi connectivity index (χ1n) is 7.35. The summed E-state index contributed by atoms with van der Waals surface area (Å²) in [5.41, 5.74) is 2.51. The fourth-order valence-electron chi connectivity index (χ4n) is 2.38. The average molecular weight is 319 g/mol. The maximum absolute atomic E-state index is 5.91. The van der Waals surface area contributed by atoms with E-state index in [0.29, 0.717) is 6.04 Å². The van der Waals surface area contributed by atoms with Crippen molar-refractivity contribution in [1.82, 2.24) is 10.2 Å². The summed E-state index contributed by atoms with van der Waals surface area (Å²) < 4.78 is 5.22. The number of likely N-dealkylation sites (N-methyl/N-ethyl adjacent to an activating group) is 1. The summed E-state index contributed by atoms with van der Waals surface area (Å²) in [6.45, 7) is 1.71. The second-order valence-corrected chi connectivity index (χ2v) is 5.95. The molecule has 0 fully saturated rings. The van der Waals surface area contributed by atoms with E-state index in [4.69, 9.17) is 16.3 Å². The number of hydrogen-bond donors (Lipinski definition) is 1. The Hall–Kier alpha value is -1.55. The van der Waals surface area contributed by atoms with Crippen LogP contribution in [0.5, 0.6) is 5.75 Å². The SMILES string of the molecule is COc1ccc(C(CNCc2ccc(Cl)cc2)N(C)C)cc1. The van der Waals surface area contributed by atoms with Crippen molar-refractivity contribution in [2.45, 2.75) is 12.6 Å². The van der Waals surface area contributed by atoms with Gasteiger partial charge in [-0.1, -0.05) is 35.9 Å². The summed E-state index contributed by atoms with van der Waals surface area (Å²) in [5.74, 6) is 0.885. The van der Waals surface area contributed by atoms with Gasteiger partial charge in [0.1, 0.15) is 5.75 Å². The van der Waals surface area contributed by atoms with Crippen molar-refractivity contribution >= 4 is 11.6 Å². The number of ether oxygens (including phenoxy) is 1. The van der Waals surface area contributed by atoms with Crippen molar-refractivity contribution in [3.63, 3.8) is 0 Å². The first kappa shape index (κ1) is 16.8. The predicted octanol–water partition coefficient (Wildman–Crippen LogP) is 3.74. The quantitative estimate of drug-likeness (QED) is 0.841. The van der Waals surface area contributed by atoms with E-state index in [1.165, 1.54) is 11.1 Å². The maximum atomic E-state index is 5.91. The third kappa shape index (κ3) is 4.73. The van der Waals surface area contributed by atoms with Gasteiger partial charge in [-0.2, -0.15) is 0 Å². The zero-order valence-corrected chi connectivity index (χ0v) is 14.1. The van der Waals surface area contributed by atoms with E-state index in [1.54, 1.807) is 7.11 Å². The van der Waals surface area contributed by atoms with Crippen LogP contribution in [-0.2, 0) is 6.54 Å². The summed E-state index contributed by atoms with van der Waals surface area (Å²) in [7, 11) is 5.88. The van der Waals surface area contributed by atoms with Crippen LogP contribution in [0.25, 0.3) is 0 Å². The van der Waals surface area contributed by atoms with Crippen molar-refractivity contribution in [2.75, 3.05) is 27.7 Å². The monoisotopic (exact) mass is 318 g/mol. The largest absolute Gasteiger partial charge is 0.497 e. The van der Waals surface area contributed by atoms with Gasteiger partial charge in [-0.25, -0.2) is 0 Å². The highest BCUT2D eigenvalue weighted by Gasteiger charge is 2.13. The van der Waals surface area contributed by atoms with E-state index in [-0.39, 0.29) is 0 Å². The summed E-state index contributed by atoms with van der Waals surface area (Å²) >= 11 is 5.91. The molecule has 2 aromatic carbocycles. The lowest BCUT2D eigenvalue weighted by Gasteiger charge is -2.25. The van der Waals surface area contributed by atoms with Crippen LogP contribution in [0, 0.1) is 0 Å². The molecule has 118 valence electrons. The minimum absolute atomic E-state index is 0.318. The molecular weight excluding hydrogens is 296 g/mol. The molecule has 0 heterocycles. The van der Waals surface area contributed by atoms with E-state index in [9.17, 15) is 0 Å². The predicted molar refractivity (Wildman–Crippen MR) is 92.6 cm³/mol. The van der Waals surface area contributed by atoms with Crippen LogP contribution in [0.4, 0.5) is 0 Å². The van der Waals surface area contributed by atoms with Gasteiger partial charge in [-0.05, 0) is 49.5 Å². The molecule has 0 radical (unpaired) electrons. The fourth-order valence-corrected chi connectivity index (χ4v) is 2.51. The molecule has 1 unspecified atom stereocenters. The fraction of sp³-hybridized carbons (Fsp3) is 0.333. The first-order valence-corrected chi connectivity index (χ1v) is 7.73. The van der Waals surface area contributed by atoms with Crippen molar-refractivity contribution in [3.8, 4) is 5.75 Å². The highest BCUT2D eigenvalue weighted by molar-refractivity contribution is 6.30. The Morgan fingerprint density at radius 1 is 1.05 bits per heavy atom. The number of methoxy groups -OCH3 is 1. The summed E-state index contributed by atoms with van der Waals surface area (Å²) in [6.07, 6.45) is 0. The van der Waals surface area contributed by atoms with E-state index >= 15 is 0 Å². The molecule has 1 atom stereocenters. The van der Waals surface area contributed by atoms with Gasteiger partial charge in [-0.3, -0.25) is 0 Å². The Kier molecular flexibility index (Phi) is 6.25. The van der Waals surface area contributed by atoms with Crippen molar-refractivity contribution in [1.29, 1.82) is 0 Å². The molecule has 0 saturated heterocycles. The first-order chi connectivity index (χ1) is 10.6. The Morgan fingerprint density at radius 3 is 2.23 bits per heavy atom. The Bertz CT molecular complexity index is 567. The molecular formula is C18H23ClN2O. The Morgan fingerprint density at radius 2 is 1.68 bits per heavy atom. The second kappa shape index (κ2) is 8.18. The molecule has 1 N–H and O–H groups in total. The van der Waals surface area contributed by atoms with Gasteiger partial charge in [-0.15, -0.1) is 0 Å². The smallest absolute Gasteiger partial charge is 0.118 e. The topological polar surface area (TPSA) is 24.5 Å². The summed E-state index contributed by atoms with van der Waals surface area (Å²) in [5, 5.41) is 4.29. The molecule has 22 heavy (non-hydrogen) atoms. The molecule has 0 bridgehead atoms. The van der Waals surface area contributed by atoms with Gasteiger partial charge in [0.25, 0.3) is 0 Å². The number of hydrogen-bond acceptors (Lipinski definition) is 3. The number of nitrogens with zero attached hydrogens (tertiary/aromatic N) is 1. The number of benzene rings is 2. The second-order valence-electron chi connectivity index (χ2n) is 5.51. The molecule has 0 aromatic heterocycles. The molecule has 2 rings (SSSR count). The average Bonchev–Trinajstić information content (AvgIpc) is 2.53. The maximum Gasteiger partial charge on any atom is 0.118 e. The molecule has 0 saturated carbocycles. The van der Waals surface area contributed by atoms with E-state index in [0.717, 1.165) is 23.9 Å². The van der Waals surface area contributed by atoms with Gasteiger partial charge in [0.05, 0.1) is 7.11 Å². The molecule has 2 aromatic rings. The zero-order valence-electron chi connectivity index (χ0n) is 13.3. The third-order valence-corrected chi connectivity index (χ3v) is 3.96. The summed E-state index contributed by atoms with van der Waals surface area (Å²) in [6, 6.07) is 16.5. The minimum Gasteiger partial charge on any atom is -0.497 e. The highest BCUT2D eigenvalue weighted by atomic mass is 35.5. The summed E-state index contributed by atoms with van der Waals surface area (Å²) in [4.78, 5) is 2.22. The molecule has 0 aliphatic carbocycles. The lowest BCUT2D eigenvalue weighted by Crippen LogP contribution is -2.30. The lowest BCUT2D eigenvalue weighted by atomic mass is 10.1. The van der Waals surface area contributed by atoms with Crippen LogP contribution < -0.4 is 10.1 Å². The molecule has 0 aliphatic heterocycles. The molecule has 0 amide bonds. The van der Waals surface area contributed by atoms with Gasteiger partial charge in [0, 0.05) is 24.2 Å². The van der Waals surface area contributed by atoms with Gasteiger partial charge in [0.2, 0.25) is 0 Å². The Balaban J connectivity index is 1.95. The van der Waals surface area contributed by atoms with Gasteiger partial charge in [0.15, 0.2) is 0 Å². The van der Waals surface area contributed by atoms with Crippen LogP contribution in [0.2, 0.25) is 5.02 Å². The van der Waals surface area contributed by atoms with Crippen molar-refractivity contribution in [3.05, 3.63) is 64.7 Å². The van der Waals surface area contributed by atoms with Crippen LogP contribution in [0.15, 0.2) is 48.5 Å². The van der Waals surface area contributed by atoms with E-state index < -0.39 is 0 Å². The van der Waals surface area contributed by atoms with Gasteiger partial charge >= 0.3 is 0 Å². The van der Waals surface area contributed by atoms with Gasteiger partial charge < -0.3 is 15.0 Å². The molecule has 3 nitrogen and oxygen atoms in total. The van der Waals surface area contributed by atoms with Crippen molar-refractivity contribution in [2.24, 2.45) is 0 Å². The lowest BCUT2D eigenvalue weighted by molar-refractivity contribution is 0.288. The molecule has 0 spiro atoms. The van der Waals surface area contributed by atoms with Crippen LogP contribution >= 0.6 is 11.6 Å². The zero-order chi connectivity index (χ0) is 15.9. The third-order valence-electron chi connectivity index (χ3n) is 3.70. The van der Waals surface area contributed by atoms with E-state index in [2.05, 4.69) is 36.4 Å². The van der Waals surface area contributed by atoms with Crippen molar-refractivity contribution < 1.29 is 4.74 Å². The number of nitrogens with one attached hydrogen (secondary N) is 1. The van der Waals surface area contributed by atoms with E-state index in [1.807, 2.05) is 36.4 Å². The molecule has 0 aliphatic rings. The standard InChI is InChI=1S/C18H23ClN2O/c1-21(2)18(15-6-10-17(22-3)11-7-15)13-20-12-14-4-8-16(19)9-5-14/h4-11,18,20H,12-13H2,1-3H3. The number of rotatable bonds is 7. The minimum atomic E-state index is 0.318. The molecule has 4 heteroatoms. The van der Waals surface area contributed by atoms with Crippen LogP contribution in [0.1, 0.15) is 17.2 Å². The number of halogens is 1. The van der Waals surface area contributed by atoms with Crippen LogP contribution in [0.3, 0.4) is 0 Å². The highest BCUT2D eigenvalue weighted by Crippen LogP contribution is 2.21. The Labute approximate surface area is 137 Å².